The number of carboxylic acid groups (broad SMARTS) is 2. The number of allylic oxidation sites excluding steroid dienone is 2. The van der Waals surface area contributed by atoms with E-state index in [1.54, 1.807) is 19.9 Å². The molecular weight excluding hydrogens is 367 g/mol. The highest BCUT2D eigenvalue weighted by Gasteiger charge is 2.45. The molecule has 23 heavy (non-hydrogen) atoms. The van der Waals surface area contributed by atoms with Crippen molar-refractivity contribution in [1.82, 2.24) is 0 Å². The maximum Gasteiger partial charge on any atom is 0.331 e. The first-order valence-corrected chi connectivity index (χ1v) is 8.07. The van der Waals surface area contributed by atoms with E-state index in [9.17, 15) is 24.2 Å². The molecule has 0 bridgehead atoms. The highest BCUT2D eigenvalue weighted by molar-refractivity contribution is 9.08. The van der Waals surface area contributed by atoms with Gasteiger partial charge in [-0.1, -0.05) is 34.1 Å². The van der Waals surface area contributed by atoms with Gasteiger partial charge in [0.2, 0.25) is 0 Å². The van der Waals surface area contributed by atoms with Crippen molar-refractivity contribution >= 4 is 27.9 Å². The zero-order valence-corrected chi connectivity index (χ0v) is 14.3. The van der Waals surface area contributed by atoms with Crippen LogP contribution in [0.15, 0.2) is 35.4 Å². The van der Waals surface area contributed by atoms with Crippen molar-refractivity contribution < 1.29 is 24.2 Å². The Morgan fingerprint density at radius 3 is 2.48 bits per heavy atom. The van der Waals surface area contributed by atoms with Gasteiger partial charge in [-0.25, -0.2) is 9.18 Å². The van der Waals surface area contributed by atoms with Gasteiger partial charge >= 0.3 is 11.9 Å². The minimum Gasteiger partial charge on any atom is -0.480 e. The first kappa shape index (κ1) is 17.4. The second-order valence-electron chi connectivity index (χ2n) is 5.60. The lowest BCUT2D eigenvalue weighted by molar-refractivity contribution is -0.142. The fourth-order valence-corrected chi connectivity index (χ4v) is 3.62. The number of alkyl halides is 1. The number of carboxylic acids is 2. The van der Waals surface area contributed by atoms with E-state index in [2.05, 4.69) is 15.9 Å². The molecule has 4 nitrogen and oxygen atoms in total. The van der Waals surface area contributed by atoms with Crippen molar-refractivity contribution in [3.05, 3.63) is 57.9 Å². The van der Waals surface area contributed by atoms with Crippen molar-refractivity contribution in [3.8, 4) is 0 Å². The van der Waals surface area contributed by atoms with E-state index in [0.29, 0.717) is 11.1 Å². The van der Waals surface area contributed by atoms with E-state index >= 15 is 0 Å². The van der Waals surface area contributed by atoms with Gasteiger partial charge in [0.1, 0.15) is 11.2 Å². The van der Waals surface area contributed by atoms with E-state index in [0.717, 1.165) is 5.56 Å². The van der Waals surface area contributed by atoms with Crippen molar-refractivity contribution in [2.75, 3.05) is 0 Å². The third-order valence-corrected chi connectivity index (χ3v) is 4.83. The Bertz CT molecular complexity index is 751. The highest BCUT2D eigenvalue weighted by atomic mass is 79.9. The van der Waals surface area contributed by atoms with Gasteiger partial charge in [0, 0.05) is 22.9 Å². The van der Waals surface area contributed by atoms with Crippen LogP contribution < -0.4 is 0 Å². The van der Waals surface area contributed by atoms with Crippen molar-refractivity contribution in [2.24, 2.45) is 0 Å². The van der Waals surface area contributed by atoms with Crippen molar-refractivity contribution in [2.45, 2.75) is 31.0 Å². The molecule has 2 N–H and O–H groups in total. The summed E-state index contributed by atoms with van der Waals surface area (Å²) in [5, 5.41) is 19.4. The standard InChI is InChI=1S/C17H16BrFO4/c1-9-3-4-13(19)14(12(9)8-18)17(16(22)23)6-5-10(2)11(7-17)15(20)21/h3-6H,7-8H2,1-2H3,(H,20,21)(H,22,23). The number of aliphatic carboxylic acids is 2. The highest BCUT2D eigenvalue weighted by Crippen LogP contribution is 2.42. The Kier molecular flexibility index (Phi) is 4.75. The SMILES string of the molecule is CC1=C(C(=O)O)CC(C(=O)O)(c2c(F)ccc(C)c2CBr)C=C1. The van der Waals surface area contributed by atoms with Gasteiger partial charge in [-0.2, -0.15) is 0 Å². The Morgan fingerprint density at radius 2 is 1.96 bits per heavy atom. The van der Waals surface area contributed by atoms with Crippen LogP contribution in [0.5, 0.6) is 0 Å². The third-order valence-electron chi connectivity index (χ3n) is 4.27. The van der Waals surface area contributed by atoms with Gasteiger partial charge in [0.25, 0.3) is 0 Å². The maximum absolute atomic E-state index is 14.6. The number of aryl methyl sites for hydroxylation is 1. The minimum absolute atomic E-state index is 0.0173. The first-order chi connectivity index (χ1) is 10.7. The summed E-state index contributed by atoms with van der Waals surface area (Å²) in [6.07, 6.45) is 2.54. The van der Waals surface area contributed by atoms with Gasteiger partial charge < -0.3 is 10.2 Å². The molecule has 0 fully saturated rings. The molecule has 0 saturated carbocycles. The molecule has 0 saturated heterocycles. The van der Waals surface area contributed by atoms with Gasteiger partial charge in [-0.15, -0.1) is 0 Å². The van der Waals surface area contributed by atoms with Gasteiger partial charge in [-0.3, -0.25) is 4.79 Å². The molecule has 1 aliphatic rings. The molecule has 1 aromatic carbocycles. The van der Waals surface area contributed by atoms with Gasteiger partial charge in [-0.05, 0) is 36.6 Å². The molecule has 6 heteroatoms. The molecule has 122 valence electrons. The number of rotatable bonds is 4. The van der Waals surface area contributed by atoms with Crippen LogP contribution in [0.3, 0.4) is 0 Å². The third kappa shape index (κ3) is 2.83. The van der Waals surface area contributed by atoms with Crippen LogP contribution in [0.2, 0.25) is 0 Å². The maximum atomic E-state index is 14.6. The number of hydrogen-bond acceptors (Lipinski definition) is 2. The van der Waals surface area contributed by atoms with Gasteiger partial charge in [0.15, 0.2) is 0 Å². The molecule has 0 amide bonds. The number of hydrogen-bond donors (Lipinski definition) is 2. The quantitative estimate of drug-likeness (QED) is 0.778. The zero-order chi connectivity index (χ0) is 17.4. The summed E-state index contributed by atoms with van der Waals surface area (Å²) in [6.45, 7) is 3.37. The summed E-state index contributed by atoms with van der Waals surface area (Å²) in [7, 11) is 0. The average molecular weight is 383 g/mol. The van der Waals surface area contributed by atoms with E-state index in [1.165, 1.54) is 18.2 Å². The number of carbonyl (C=O) groups is 2. The Morgan fingerprint density at radius 1 is 1.30 bits per heavy atom. The largest absolute Gasteiger partial charge is 0.480 e. The summed E-state index contributed by atoms with van der Waals surface area (Å²) in [5.74, 6) is -3.11. The fourth-order valence-electron chi connectivity index (χ4n) is 2.89. The minimum atomic E-state index is -1.73. The van der Waals surface area contributed by atoms with Gasteiger partial charge in [0.05, 0.1) is 0 Å². The lowest BCUT2D eigenvalue weighted by atomic mass is 9.69. The Labute approximate surface area is 141 Å². The van der Waals surface area contributed by atoms with Crippen LogP contribution in [-0.2, 0) is 20.3 Å². The molecule has 1 atom stereocenters. The summed E-state index contributed by atoms with van der Waals surface area (Å²) in [6, 6.07) is 2.80. The van der Waals surface area contributed by atoms with Crippen LogP contribution in [0.1, 0.15) is 30.0 Å². The fraction of sp³-hybridized carbons (Fsp3) is 0.294. The number of benzene rings is 1. The lowest BCUT2D eigenvalue weighted by Gasteiger charge is -2.32. The molecule has 0 radical (unpaired) electrons. The van der Waals surface area contributed by atoms with Crippen LogP contribution in [0.25, 0.3) is 0 Å². The summed E-state index contributed by atoms with van der Waals surface area (Å²) >= 11 is 3.28. The molecule has 0 spiro atoms. The summed E-state index contributed by atoms with van der Waals surface area (Å²) in [5.41, 5.74) is 0.0206. The second-order valence-corrected chi connectivity index (χ2v) is 6.17. The molecule has 1 aliphatic carbocycles. The van der Waals surface area contributed by atoms with Crippen molar-refractivity contribution in [1.29, 1.82) is 0 Å². The summed E-state index contributed by atoms with van der Waals surface area (Å²) in [4.78, 5) is 23.5. The molecule has 0 aliphatic heterocycles. The lowest BCUT2D eigenvalue weighted by Crippen LogP contribution is -2.39. The first-order valence-electron chi connectivity index (χ1n) is 6.94. The monoisotopic (exact) mass is 382 g/mol. The smallest absolute Gasteiger partial charge is 0.331 e. The van der Waals surface area contributed by atoms with Crippen molar-refractivity contribution in [3.63, 3.8) is 0 Å². The molecule has 2 rings (SSSR count). The Hall–Kier alpha value is -1.95. The van der Waals surface area contributed by atoms with Crippen LogP contribution in [0.4, 0.5) is 4.39 Å². The van der Waals surface area contributed by atoms with Crippen LogP contribution >= 0.6 is 15.9 Å². The zero-order valence-electron chi connectivity index (χ0n) is 12.7. The Balaban J connectivity index is 2.77. The molecule has 1 unspecified atom stereocenters. The second kappa shape index (κ2) is 6.28. The molecular formula is C17H16BrFO4. The van der Waals surface area contributed by atoms with E-state index in [4.69, 9.17) is 0 Å². The van der Waals surface area contributed by atoms with Crippen LogP contribution in [-0.4, -0.2) is 22.2 Å². The number of halogens is 2. The molecule has 1 aromatic rings. The summed E-state index contributed by atoms with van der Waals surface area (Å²) < 4.78 is 14.6. The normalized spacial score (nSPS) is 20.7. The predicted molar refractivity (Wildman–Crippen MR) is 87.2 cm³/mol. The topological polar surface area (TPSA) is 74.6 Å². The van der Waals surface area contributed by atoms with E-state index < -0.39 is 23.2 Å². The predicted octanol–water partition coefficient (Wildman–Crippen LogP) is 3.71. The van der Waals surface area contributed by atoms with Crippen LogP contribution in [0, 0.1) is 12.7 Å². The average Bonchev–Trinajstić information content (AvgIpc) is 2.49. The van der Waals surface area contributed by atoms with E-state index in [1.807, 2.05) is 0 Å². The molecule has 0 aromatic heterocycles. The molecule has 0 heterocycles. The van der Waals surface area contributed by atoms with E-state index in [-0.39, 0.29) is 22.9 Å².